The van der Waals surface area contributed by atoms with E-state index in [9.17, 15) is 13.2 Å². The van der Waals surface area contributed by atoms with E-state index in [0.29, 0.717) is 0 Å². The van der Waals surface area contributed by atoms with Crippen molar-refractivity contribution in [2.45, 2.75) is 54.1 Å². The van der Waals surface area contributed by atoms with Crippen molar-refractivity contribution < 1.29 is 13.2 Å². The molecule has 0 N–H and O–H groups in total. The van der Waals surface area contributed by atoms with Gasteiger partial charge in [0.25, 0.3) is 0 Å². The summed E-state index contributed by atoms with van der Waals surface area (Å²) in [5.74, 6) is 1.75. The van der Waals surface area contributed by atoms with Crippen LogP contribution in [0.4, 0.5) is 13.2 Å². The zero-order chi connectivity index (χ0) is 15.5. The second kappa shape index (κ2) is 10.8. The molecule has 1 rings (SSSR count). The van der Waals surface area contributed by atoms with E-state index in [1.165, 1.54) is 18.6 Å². The molecule has 0 saturated heterocycles. The quantitative estimate of drug-likeness (QED) is 0.664. The van der Waals surface area contributed by atoms with E-state index in [4.69, 9.17) is 0 Å². The van der Waals surface area contributed by atoms with Crippen LogP contribution in [0.25, 0.3) is 0 Å². The number of aromatic nitrogens is 1. The van der Waals surface area contributed by atoms with E-state index in [2.05, 4.69) is 32.7 Å². The topological polar surface area (TPSA) is 12.9 Å². The van der Waals surface area contributed by atoms with Gasteiger partial charge in [-0.2, -0.15) is 13.2 Å². The molecule has 0 aliphatic carbocycles. The zero-order valence-corrected chi connectivity index (χ0v) is 12.8. The van der Waals surface area contributed by atoms with Gasteiger partial charge in [-0.3, -0.25) is 4.98 Å². The minimum absolute atomic E-state index is 0.852. The van der Waals surface area contributed by atoms with Gasteiger partial charge in [-0.15, -0.1) is 0 Å². The maximum atomic E-state index is 11.7. The molecule has 0 fully saturated rings. The van der Waals surface area contributed by atoms with E-state index in [-0.39, 0.29) is 0 Å². The van der Waals surface area contributed by atoms with Crippen molar-refractivity contribution in [1.82, 2.24) is 4.98 Å². The molecule has 0 spiro atoms. The summed E-state index contributed by atoms with van der Waals surface area (Å²) in [4.78, 5) is 3.12. The smallest absolute Gasteiger partial charge is 0.252 e. The van der Waals surface area contributed by atoms with Crippen LogP contribution in [-0.2, 0) is 6.18 Å². The third-order valence-electron chi connectivity index (χ3n) is 1.90. The predicted molar refractivity (Wildman–Crippen MR) is 74.9 cm³/mol. The molecule has 19 heavy (non-hydrogen) atoms. The van der Waals surface area contributed by atoms with Crippen molar-refractivity contribution in [3.05, 3.63) is 30.1 Å². The van der Waals surface area contributed by atoms with E-state index >= 15 is 0 Å². The van der Waals surface area contributed by atoms with Gasteiger partial charge in [-0.05, 0) is 30.4 Å². The number of halogens is 3. The Morgan fingerprint density at radius 2 is 1.47 bits per heavy atom. The number of alkyl halides is 3. The highest BCUT2D eigenvalue weighted by molar-refractivity contribution is 5.06. The fourth-order valence-corrected chi connectivity index (χ4v) is 1.47. The first-order valence-electron chi connectivity index (χ1n) is 6.71. The molecule has 0 amide bonds. The van der Waals surface area contributed by atoms with Crippen LogP contribution in [0.5, 0.6) is 0 Å². The SMILES string of the molecule is CC.CC(C)CC(C)C.FC(F)(F)c1ccccn1. The third-order valence-corrected chi connectivity index (χ3v) is 1.90. The Balaban J connectivity index is 0. The fraction of sp³-hybridized carbons (Fsp3) is 0.667. The largest absolute Gasteiger partial charge is 0.433 e. The highest BCUT2D eigenvalue weighted by atomic mass is 19.4. The van der Waals surface area contributed by atoms with Crippen LogP contribution in [0.2, 0.25) is 0 Å². The molecular weight excluding hydrogens is 251 g/mol. The first kappa shape index (κ1) is 20.3. The summed E-state index contributed by atoms with van der Waals surface area (Å²) in [6.07, 6.45) is -1.84. The van der Waals surface area contributed by atoms with Crippen LogP contribution in [0.15, 0.2) is 24.4 Å². The number of pyridine rings is 1. The molecule has 1 nitrogen and oxygen atoms in total. The van der Waals surface area contributed by atoms with Crippen molar-refractivity contribution in [1.29, 1.82) is 0 Å². The average molecular weight is 277 g/mol. The summed E-state index contributed by atoms with van der Waals surface area (Å²) in [5, 5.41) is 0. The lowest BCUT2D eigenvalue weighted by molar-refractivity contribution is -0.141. The molecule has 0 bridgehead atoms. The van der Waals surface area contributed by atoms with Gasteiger partial charge in [0.05, 0.1) is 0 Å². The van der Waals surface area contributed by atoms with Crippen LogP contribution in [0.3, 0.4) is 0 Å². The lowest BCUT2D eigenvalue weighted by atomic mass is 10.0. The zero-order valence-electron chi connectivity index (χ0n) is 12.8. The summed E-state index contributed by atoms with van der Waals surface area (Å²) in [5.41, 5.74) is -0.852. The molecule has 0 unspecified atom stereocenters. The summed E-state index contributed by atoms with van der Waals surface area (Å²) < 4.78 is 35.2. The second-order valence-corrected chi connectivity index (χ2v) is 4.74. The molecule has 0 aliphatic heterocycles. The highest BCUT2D eigenvalue weighted by Crippen LogP contribution is 2.26. The maximum absolute atomic E-state index is 11.7. The Hall–Kier alpha value is -1.06. The maximum Gasteiger partial charge on any atom is 0.433 e. The van der Waals surface area contributed by atoms with E-state index in [0.717, 1.165) is 24.1 Å². The van der Waals surface area contributed by atoms with Crippen LogP contribution in [-0.4, -0.2) is 4.98 Å². The Morgan fingerprint density at radius 3 is 1.63 bits per heavy atom. The van der Waals surface area contributed by atoms with Crippen molar-refractivity contribution in [2.24, 2.45) is 11.8 Å². The Labute approximate surface area is 115 Å². The Morgan fingerprint density at radius 1 is 1.00 bits per heavy atom. The Kier molecular flexibility index (Phi) is 11.5. The lowest BCUT2D eigenvalue weighted by Gasteiger charge is -2.05. The lowest BCUT2D eigenvalue weighted by Crippen LogP contribution is -2.06. The first-order valence-corrected chi connectivity index (χ1v) is 6.71. The predicted octanol–water partition coefficient (Wildman–Crippen LogP) is 5.82. The van der Waals surface area contributed by atoms with E-state index in [1.54, 1.807) is 0 Å². The molecule has 0 aromatic carbocycles. The molecule has 0 atom stereocenters. The van der Waals surface area contributed by atoms with Crippen molar-refractivity contribution in [3.63, 3.8) is 0 Å². The summed E-state index contributed by atoms with van der Waals surface area (Å²) in [6, 6.07) is 3.67. The number of hydrogen-bond donors (Lipinski definition) is 0. The van der Waals surface area contributed by atoms with Crippen molar-refractivity contribution in [2.75, 3.05) is 0 Å². The van der Waals surface area contributed by atoms with E-state index in [1.807, 2.05) is 13.8 Å². The summed E-state index contributed by atoms with van der Waals surface area (Å²) in [7, 11) is 0. The molecule has 0 saturated carbocycles. The normalized spacial score (nSPS) is 10.5. The highest BCUT2D eigenvalue weighted by Gasteiger charge is 2.31. The summed E-state index contributed by atoms with van der Waals surface area (Å²) >= 11 is 0. The number of hydrogen-bond acceptors (Lipinski definition) is 1. The molecule has 1 aromatic rings. The van der Waals surface area contributed by atoms with Crippen LogP contribution >= 0.6 is 0 Å². The summed E-state index contributed by atoms with van der Waals surface area (Å²) in [6.45, 7) is 13.1. The van der Waals surface area contributed by atoms with Crippen molar-refractivity contribution >= 4 is 0 Å². The minimum atomic E-state index is -4.32. The first-order chi connectivity index (χ1) is 8.73. The van der Waals surface area contributed by atoms with Gasteiger partial charge in [-0.1, -0.05) is 47.6 Å². The van der Waals surface area contributed by atoms with Crippen LogP contribution in [0.1, 0.15) is 53.7 Å². The van der Waals surface area contributed by atoms with E-state index < -0.39 is 11.9 Å². The molecule has 4 heteroatoms. The van der Waals surface area contributed by atoms with Gasteiger partial charge in [0.1, 0.15) is 5.69 Å². The number of rotatable bonds is 2. The van der Waals surface area contributed by atoms with Crippen LogP contribution < -0.4 is 0 Å². The van der Waals surface area contributed by atoms with Gasteiger partial charge in [0.2, 0.25) is 0 Å². The average Bonchev–Trinajstić information content (AvgIpc) is 2.31. The van der Waals surface area contributed by atoms with Crippen molar-refractivity contribution in [3.8, 4) is 0 Å². The number of nitrogens with zero attached hydrogens (tertiary/aromatic N) is 1. The monoisotopic (exact) mass is 277 g/mol. The fourth-order valence-electron chi connectivity index (χ4n) is 1.47. The molecule has 0 aliphatic rings. The second-order valence-electron chi connectivity index (χ2n) is 4.74. The Bertz CT molecular complexity index is 286. The third kappa shape index (κ3) is 13.2. The molecule has 0 radical (unpaired) electrons. The van der Waals surface area contributed by atoms with Gasteiger partial charge >= 0.3 is 6.18 Å². The standard InChI is InChI=1S/C7H16.C6H4F3N.C2H6/c1-6(2)5-7(3)4;7-6(8,9)5-3-1-2-4-10-5;1-2/h6-7H,5H2,1-4H3;1-4H;1-2H3. The molecule has 112 valence electrons. The van der Waals surface area contributed by atoms with Gasteiger partial charge < -0.3 is 0 Å². The molecule has 1 aromatic heterocycles. The van der Waals surface area contributed by atoms with Gasteiger partial charge in [0, 0.05) is 6.20 Å². The minimum Gasteiger partial charge on any atom is -0.252 e. The van der Waals surface area contributed by atoms with Crippen LogP contribution in [0, 0.1) is 11.8 Å². The molecular formula is C15H26F3N. The van der Waals surface area contributed by atoms with Gasteiger partial charge in [0.15, 0.2) is 0 Å². The molecule has 1 heterocycles. The van der Waals surface area contributed by atoms with Gasteiger partial charge in [-0.25, -0.2) is 0 Å².